The van der Waals surface area contributed by atoms with Gasteiger partial charge < -0.3 is 15.6 Å². The van der Waals surface area contributed by atoms with Crippen molar-refractivity contribution in [3.63, 3.8) is 0 Å². The molecule has 0 amide bonds. The zero-order valence-electron chi connectivity index (χ0n) is 9.87. The van der Waals surface area contributed by atoms with Crippen molar-refractivity contribution < 1.29 is 0 Å². The van der Waals surface area contributed by atoms with E-state index < -0.39 is 0 Å². The van der Waals surface area contributed by atoms with Crippen LogP contribution in [0.1, 0.15) is 43.1 Å². The van der Waals surface area contributed by atoms with Crippen LogP contribution in [0.3, 0.4) is 0 Å². The van der Waals surface area contributed by atoms with Gasteiger partial charge in [-0.1, -0.05) is 0 Å². The van der Waals surface area contributed by atoms with E-state index >= 15 is 0 Å². The number of nitrogens with one attached hydrogen (secondary N) is 1. The van der Waals surface area contributed by atoms with Gasteiger partial charge in [0.25, 0.3) is 0 Å². The summed E-state index contributed by atoms with van der Waals surface area (Å²) in [5.41, 5.74) is 7.30. The van der Waals surface area contributed by atoms with Crippen LogP contribution in [0.4, 0.5) is 0 Å². The van der Waals surface area contributed by atoms with Crippen molar-refractivity contribution in [2.45, 2.75) is 37.1 Å². The largest absolute Gasteiger partial charge is 0.344 e. The van der Waals surface area contributed by atoms with Crippen LogP contribution in [0.25, 0.3) is 0 Å². The van der Waals surface area contributed by atoms with Crippen LogP contribution < -0.4 is 5.73 Å². The van der Waals surface area contributed by atoms with Crippen molar-refractivity contribution in [1.82, 2.24) is 14.9 Å². The molecule has 1 aromatic rings. The molecule has 4 nitrogen and oxygen atoms in total. The van der Waals surface area contributed by atoms with Gasteiger partial charge in [-0.15, -0.1) is 0 Å². The van der Waals surface area contributed by atoms with Gasteiger partial charge in [0.05, 0.1) is 5.54 Å². The van der Waals surface area contributed by atoms with E-state index in [-0.39, 0.29) is 5.54 Å². The Labute approximate surface area is 96.2 Å². The number of nitrogens with two attached hydrogens (primary N) is 1. The minimum atomic E-state index is -0.121. The molecule has 0 spiro atoms. The lowest BCUT2D eigenvalue weighted by molar-refractivity contribution is 0.253. The maximum Gasteiger partial charge on any atom is 0.126 e. The Balaban J connectivity index is 1.72. The molecule has 2 heterocycles. The van der Waals surface area contributed by atoms with Crippen molar-refractivity contribution in [1.29, 1.82) is 0 Å². The molecule has 1 aliphatic heterocycles. The van der Waals surface area contributed by atoms with Gasteiger partial charge in [-0.25, -0.2) is 4.98 Å². The molecule has 0 atom stereocenters. The maximum atomic E-state index is 6.13. The topological polar surface area (TPSA) is 57.9 Å². The quantitative estimate of drug-likeness (QED) is 0.786. The van der Waals surface area contributed by atoms with Crippen LogP contribution in [0, 0.1) is 0 Å². The lowest BCUT2D eigenvalue weighted by atomic mass is 9.94. The Morgan fingerprint density at radius 3 is 2.75 bits per heavy atom. The van der Waals surface area contributed by atoms with E-state index in [0.29, 0.717) is 5.92 Å². The second kappa shape index (κ2) is 3.57. The monoisotopic (exact) mass is 220 g/mol. The van der Waals surface area contributed by atoms with Crippen molar-refractivity contribution in [3.8, 4) is 0 Å². The molecule has 4 heteroatoms. The fourth-order valence-electron chi connectivity index (χ4n) is 2.49. The highest BCUT2D eigenvalue weighted by Gasteiger charge is 2.43. The number of imidazole rings is 1. The van der Waals surface area contributed by atoms with E-state index in [1.807, 2.05) is 6.20 Å². The second-order valence-electron chi connectivity index (χ2n) is 5.42. The third-order valence-corrected chi connectivity index (χ3v) is 4.01. The van der Waals surface area contributed by atoms with Gasteiger partial charge in [-0.2, -0.15) is 0 Å². The molecule has 0 unspecified atom stereocenters. The van der Waals surface area contributed by atoms with Gasteiger partial charge in [0.2, 0.25) is 0 Å². The van der Waals surface area contributed by atoms with Crippen LogP contribution in [-0.2, 0) is 5.54 Å². The molecule has 3 rings (SSSR count). The molecule has 1 saturated heterocycles. The molecule has 3 N–H and O–H groups in total. The van der Waals surface area contributed by atoms with Crippen LogP contribution in [0.2, 0.25) is 0 Å². The molecular weight excluding hydrogens is 200 g/mol. The van der Waals surface area contributed by atoms with Crippen molar-refractivity contribution in [2.24, 2.45) is 5.73 Å². The number of nitrogens with zero attached hydrogens (tertiary/aromatic N) is 2. The SMILES string of the molecule is CN1CCC(c2cnc(C3(N)CC3)[nH]2)CC1. The fourth-order valence-corrected chi connectivity index (χ4v) is 2.49. The van der Waals surface area contributed by atoms with E-state index in [2.05, 4.69) is 21.9 Å². The van der Waals surface area contributed by atoms with Crippen molar-refractivity contribution in [2.75, 3.05) is 20.1 Å². The summed E-state index contributed by atoms with van der Waals surface area (Å²) in [6.07, 6.45) is 6.62. The number of aromatic nitrogens is 2. The first-order valence-corrected chi connectivity index (χ1v) is 6.20. The molecule has 2 aliphatic rings. The van der Waals surface area contributed by atoms with Crippen molar-refractivity contribution in [3.05, 3.63) is 17.7 Å². The Morgan fingerprint density at radius 2 is 2.12 bits per heavy atom. The van der Waals surface area contributed by atoms with Gasteiger partial charge in [0, 0.05) is 17.8 Å². The van der Waals surface area contributed by atoms with E-state index in [4.69, 9.17) is 5.73 Å². The third-order valence-electron chi connectivity index (χ3n) is 4.01. The smallest absolute Gasteiger partial charge is 0.126 e. The first-order valence-electron chi connectivity index (χ1n) is 6.20. The van der Waals surface area contributed by atoms with Gasteiger partial charge >= 0.3 is 0 Å². The number of hydrogen-bond acceptors (Lipinski definition) is 3. The van der Waals surface area contributed by atoms with E-state index in [1.54, 1.807) is 0 Å². The number of rotatable bonds is 2. The first kappa shape index (κ1) is 10.3. The lowest BCUT2D eigenvalue weighted by Crippen LogP contribution is -2.29. The molecule has 16 heavy (non-hydrogen) atoms. The summed E-state index contributed by atoms with van der Waals surface area (Å²) in [7, 11) is 2.19. The highest BCUT2D eigenvalue weighted by Crippen LogP contribution is 2.41. The maximum absolute atomic E-state index is 6.13. The molecule has 88 valence electrons. The Kier molecular flexibility index (Phi) is 2.30. The molecule has 2 fully saturated rings. The standard InChI is InChI=1S/C12H20N4/c1-16-6-2-9(3-7-16)10-8-14-11(15-10)12(13)4-5-12/h8-9H,2-7,13H2,1H3,(H,14,15). The minimum Gasteiger partial charge on any atom is -0.344 e. The molecule has 0 radical (unpaired) electrons. The number of likely N-dealkylation sites (tertiary alicyclic amines) is 1. The molecule has 1 aliphatic carbocycles. The highest BCUT2D eigenvalue weighted by molar-refractivity contribution is 5.19. The number of aromatic amines is 1. The van der Waals surface area contributed by atoms with Gasteiger partial charge in [0.1, 0.15) is 5.82 Å². The summed E-state index contributed by atoms with van der Waals surface area (Å²) in [6.45, 7) is 2.37. The minimum absolute atomic E-state index is 0.121. The summed E-state index contributed by atoms with van der Waals surface area (Å²) in [5.74, 6) is 1.65. The zero-order valence-corrected chi connectivity index (χ0v) is 9.87. The lowest BCUT2D eigenvalue weighted by Gasteiger charge is -2.28. The van der Waals surface area contributed by atoms with E-state index in [1.165, 1.54) is 31.6 Å². The average Bonchev–Trinajstić information content (AvgIpc) is 2.84. The van der Waals surface area contributed by atoms with Crippen LogP contribution in [-0.4, -0.2) is 35.0 Å². The molecule has 1 saturated carbocycles. The van der Waals surface area contributed by atoms with Gasteiger partial charge in [-0.05, 0) is 45.8 Å². The Morgan fingerprint density at radius 1 is 1.44 bits per heavy atom. The van der Waals surface area contributed by atoms with Crippen LogP contribution in [0.5, 0.6) is 0 Å². The van der Waals surface area contributed by atoms with E-state index in [9.17, 15) is 0 Å². The Bertz CT molecular complexity index is 372. The van der Waals surface area contributed by atoms with Crippen LogP contribution >= 0.6 is 0 Å². The predicted molar refractivity (Wildman–Crippen MR) is 63.2 cm³/mol. The highest BCUT2D eigenvalue weighted by atomic mass is 15.1. The molecular formula is C12H20N4. The van der Waals surface area contributed by atoms with Gasteiger partial charge in [0.15, 0.2) is 0 Å². The summed E-state index contributed by atoms with van der Waals surface area (Å²) >= 11 is 0. The predicted octanol–water partition coefficient (Wildman–Crippen LogP) is 1.17. The average molecular weight is 220 g/mol. The number of hydrogen-bond donors (Lipinski definition) is 2. The summed E-state index contributed by atoms with van der Waals surface area (Å²) in [6, 6.07) is 0. The van der Waals surface area contributed by atoms with Crippen LogP contribution in [0.15, 0.2) is 6.20 Å². The van der Waals surface area contributed by atoms with Gasteiger partial charge in [-0.3, -0.25) is 0 Å². The van der Waals surface area contributed by atoms with Crippen molar-refractivity contribution >= 4 is 0 Å². The molecule has 0 aromatic carbocycles. The third kappa shape index (κ3) is 1.76. The summed E-state index contributed by atoms with van der Waals surface area (Å²) in [5, 5.41) is 0. The Hall–Kier alpha value is -0.870. The summed E-state index contributed by atoms with van der Waals surface area (Å²) < 4.78 is 0. The fraction of sp³-hybridized carbons (Fsp3) is 0.750. The number of piperidine rings is 1. The normalized spacial score (nSPS) is 25.9. The van der Waals surface area contributed by atoms with E-state index in [0.717, 1.165) is 18.7 Å². The second-order valence-corrected chi connectivity index (χ2v) is 5.42. The summed E-state index contributed by atoms with van der Waals surface area (Å²) in [4.78, 5) is 10.3. The first-order chi connectivity index (χ1) is 7.67. The number of H-pyrrole nitrogens is 1. The molecule has 1 aromatic heterocycles. The zero-order chi connectivity index (χ0) is 11.2. The molecule has 0 bridgehead atoms.